The quantitative estimate of drug-likeness (QED) is 0.412. The molecule has 0 aromatic carbocycles. The molecule has 1 aliphatic rings. The van der Waals surface area contributed by atoms with Crippen LogP contribution < -0.4 is 11.1 Å². The van der Waals surface area contributed by atoms with Crippen molar-refractivity contribution in [3.63, 3.8) is 0 Å². The Labute approximate surface area is 159 Å². The van der Waals surface area contributed by atoms with Crippen molar-refractivity contribution < 1.29 is 4.79 Å². The number of hydrogen-bond acceptors (Lipinski definition) is 3. The van der Waals surface area contributed by atoms with Gasteiger partial charge in [-0.1, -0.05) is 6.92 Å². The van der Waals surface area contributed by atoms with Crippen LogP contribution >= 0.6 is 35.3 Å². The van der Waals surface area contributed by atoms with Crippen LogP contribution in [0, 0.1) is 5.92 Å². The molecular formula is C16H27IN4OS. The molecule has 130 valence electrons. The Morgan fingerprint density at radius 3 is 2.83 bits per heavy atom. The Morgan fingerprint density at radius 2 is 2.22 bits per heavy atom. The van der Waals surface area contributed by atoms with Crippen molar-refractivity contribution >= 4 is 47.2 Å². The van der Waals surface area contributed by atoms with E-state index in [1.807, 2.05) is 18.4 Å². The van der Waals surface area contributed by atoms with Crippen LogP contribution in [0.1, 0.15) is 35.9 Å². The van der Waals surface area contributed by atoms with Crippen molar-refractivity contribution in [2.45, 2.75) is 39.2 Å². The van der Waals surface area contributed by atoms with Gasteiger partial charge in [0.15, 0.2) is 5.96 Å². The number of thiophene rings is 1. The minimum Gasteiger partial charge on any atom is -0.370 e. The summed E-state index contributed by atoms with van der Waals surface area (Å²) in [4.78, 5) is 20.5. The highest BCUT2D eigenvalue weighted by Gasteiger charge is 2.23. The summed E-state index contributed by atoms with van der Waals surface area (Å²) in [5.74, 6) is 1.05. The van der Waals surface area contributed by atoms with Gasteiger partial charge in [-0.2, -0.15) is 0 Å². The fraction of sp³-hybridized carbons (Fsp3) is 0.625. The van der Waals surface area contributed by atoms with E-state index >= 15 is 0 Å². The predicted molar refractivity (Wildman–Crippen MR) is 107 cm³/mol. The predicted octanol–water partition coefficient (Wildman–Crippen LogP) is 2.59. The van der Waals surface area contributed by atoms with Gasteiger partial charge in [-0.25, -0.2) is 0 Å². The maximum atomic E-state index is 11.1. The van der Waals surface area contributed by atoms with E-state index in [1.54, 1.807) is 0 Å². The zero-order chi connectivity index (χ0) is 15.9. The van der Waals surface area contributed by atoms with E-state index in [1.165, 1.54) is 9.75 Å². The molecule has 0 spiro atoms. The monoisotopic (exact) mass is 450 g/mol. The van der Waals surface area contributed by atoms with Gasteiger partial charge in [0, 0.05) is 36.3 Å². The fourth-order valence-electron chi connectivity index (χ4n) is 2.91. The lowest BCUT2D eigenvalue weighted by Crippen LogP contribution is -2.46. The molecule has 1 atom stereocenters. The first kappa shape index (κ1) is 20.2. The second-order valence-corrected chi connectivity index (χ2v) is 7.00. The largest absolute Gasteiger partial charge is 0.370 e. The van der Waals surface area contributed by atoms with Crippen LogP contribution in [0.25, 0.3) is 0 Å². The average molecular weight is 450 g/mol. The Hall–Kier alpha value is -0.830. The number of piperidine rings is 1. The van der Waals surface area contributed by atoms with Crippen LogP contribution in [-0.2, 0) is 17.8 Å². The molecular weight excluding hydrogens is 423 g/mol. The van der Waals surface area contributed by atoms with Gasteiger partial charge in [-0.15, -0.1) is 35.3 Å². The molecule has 2 rings (SSSR count). The molecule has 0 radical (unpaired) electrons. The zero-order valence-corrected chi connectivity index (χ0v) is 17.0. The number of guanidine groups is 1. The number of hydrogen-bond donors (Lipinski definition) is 2. The third-order valence-corrected chi connectivity index (χ3v) is 5.24. The van der Waals surface area contributed by atoms with Gasteiger partial charge in [0.1, 0.15) is 0 Å². The summed E-state index contributed by atoms with van der Waals surface area (Å²) >= 11 is 1.84. The number of amides is 1. The van der Waals surface area contributed by atoms with Crippen LogP contribution in [0.5, 0.6) is 0 Å². The number of rotatable bonds is 5. The molecule has 2 heterocycles. The lowest BCUT2D eigenvalue weighted by molar-refractivity contribution is -0.119. The fourth-order valence-corrected chi connectivity index (χ4v) is 3.81. The number of nitrogens with one attached hydrogen (secondary N) is 1. The topological polar surface area (TPSA) is 70.7 Å². The first-order chi connectivity index (χ1) is 10.6. The molecule has 23 heavy (non-hydrogen) atoms. The SMILES string of the molecule is CCc1ccc(CNC(=NC)N2CCCC(CC(N)=O)C2)s1.I. The number of carbonyl (C=O) groups is 1. The summed E-state index contributed by atoms with van der Waals surface area (Å²) in [7, 11) is 1.81. The molecule has 1 amide bonds. The molecule has 0 aliphatic carbocycles. The standard InChI is InChI=1S/C16H26N4OS.HI/c1-3-13-6-7-14(22-13)10-19-16(18-2)20-8-4-5-12(11-20)9-15(17)21;/h6-7,12H,3-5,8-11H2,1-2H3,(H2,17,21)(H,18,19);1H. The van der Waals surface area contributed by atoms with Crippen molar-refractivity contribution in [2.24, 2.45) is 16.6 Å². The summed E-state index contributed by atoms with van der Waals surface area (Å²) < 4.78 is 0. The number of nitrogens with zero attached hydrogens (tertiary/aromatic N) is 2. The van der Waals surface area contributed by atoms with Gasteiger partial charge in [-0.05, 0) is 37.3 Å². The maximum absolute atomic E-state index is 11.1. The number of primary amides is 1. The number of halogens is 1. The molecule has 1 saturated heterocycles. The highest BCUT2D eigenvalue weighted by molar-refractivity contribution is 14.0. The molecule has 1 fully saturated rings. The van der Waals surface area contributed by atoms with Crippen LogP contribution in [0.15, 0.2) is 17.1 Å². The van der Waals surface area contributed by atoms with Gasteiger partial charge in [0.2, 0.25) is 5.91 Å². The minimum atomic E-state index is -0.208. The van der Waals surface area contributed by atoms with Crippen molar-refractivity contribution in [1.82, 2.24) is 10.2 Å². The lowest BCUT2D eigenvalue weighted by Gasteiger charge is -2.34. The summed E-state index contributed by atoms with van der Waals surface area (Å²) in [5.41, 5.74) is 5.33. The highest BCUT2D eigenvalue weighted by Crippen LogP contribution is 2.20. The number of nitrogens with two attached hydrogens (primary N) is 1. The Kier molecular flexibility index (Phi) is 8.90. The molecule has 0 bridgehead atoms. The van der Waals surface area contributed by atoms with E-state index in [2.05, 4.69) is 34.3 Å². The molecule has 5 nitrogen and oxygen atoms in total. The van der Waals surface area contributed by atoms with Gasteiger partial charge < -0.3 is 16.0 Å². The third-order valence-electron chi connectivity index (χ3n) is 4.01. The van der Waals surface area contributed by atoms with E-state index in [9.17, 15) is 4.79 Å². The summed E-state index contributed by atoms with van der Waals surface area (Å²) in [6.07, 6.45) is 3.71. The smallest absolute Gasteiger partial charge is 0.217 e. The zero-order valence-electron chi connectivity index (χ0n) is 13.9. The van der Waals surface area contributed by atoms with E-state index in [0.717, 1.165) is 44.9 Å². The normalized spacial score (nSPS) is 18.4. The molecule has 1 aliphatic heterocycles. The second-order valence-electron chi connectivity index (χ2n) is 5.75. The number of aliphatic imine (C=N–C) groups is 1. The van der Waals surface area contributed by atoms with E-state index in [0.29, 0.717) is 12.3 Å². The molecule has 0 saturated carbocycles. The number of carbonyl (C=O) groups excluding carboxylic acids is 1. The van der Waals surface area contributed by atoms with Crippen molar-refractivity contribution in [3.8, 4) is 0 Å². The Morgan fingerprint density at radius 1 is 1.48 bits per heavy atom. The highest BCUT2D eigenvalue weighted by atomic mass is 127. The minimum absolute atomic E-state index is 0. The second kappa shape index (κ2) is 10.1. The van der Waals surface area contributed by atoms with Crippen molar-refractivity contribution in [1.29, 1.82) is 0 Å². The van der Waals surface area contributed by atoms with Crippen molar-refractivity contribution in [3.05, 3.63) is 21.9 Å². The van der Waals surface area contributed by atoms with Crippen LogP contribution in [0.3, 0.4) is 0 Å². The molecule has 7 heteroatoms. The van der Waals surface area contributed by atoms with Crippen LogP contribution in [0.2, 0.25) is 0 Å². The van der Waals surface area contributed by atoms with Gasteiger partial charge in [0.25, 0.3) is 0 Å². The average Bonchev–Trinajstić information content (AvgIpc) is 2.96. The number of aryl methyl sites for hydroxylation is 1. The Balaban J connectivity index is 0.00000264. The molecule has 1 aromatic rings. The van der Waals surface area contributed by atoms with Crippen LogP contribution in [-0.4, -0.2) is 36.9 Å². The lowest BCUT2D eigenvalue weighted by atomic mass is 9.95. The van der Waals surface area contributed by atoms with Gasteiger partial charge in [0.05, 0.1) is 6.54 Å². The third kappa shape index (κ3) is 6.29. The first-order valence-electron chi connectivity index (χ1n) is 7.93. The Bertz CT molecular complexity index is 532. The number of likely N-dealkylation sites (tertiary alicyclic amines) is 1. The van der Waals surface area contributed by atoms with E-state index in [-0.39, 0.29) is 29.9 Å². The molecule has 3 N–H and O–H groups in total. The molecule has 1 aromatic heterocycles. The van der Waals surface area contributed by atoms with Gasteiger partial charge >= 0.3 is 0 Å². The van der Waals surface area contributed by atoms with E-state index in [4.69, 9.17) is 5.73 Å². The first-order valence-corrected chi connectivity index (χ1v) is 8.75. The summed E-state index contributed by atoms with van der Waals surface area (Å²) in [5, 5.41) is 3.44. The van der Waals surface area contributed by atoms with Gasteiger partial charge in [-0.3, -0.25) is 9.79 Å². The van der Waals surface area contributed by atoms with Crippen LogP contribution in [0.4, 0.5) is 0 Å². The summed E-state index contributed by atoms with van der Waals surface area (Å²) in [6, 6.07) is 4.37. The maximum Gasteiger partial charge on any atom is 0.217 e. The summed E-state index contributed by atoms with van der Waals surface area (Å²) in [6.45, 7) is 4.82. The molecule has 1 unspecified atom stereocenters. The van der Waals surface area contributed by atoms with Crippen molar-refractivity contribution in [2.75, 3.05) is 20.1 Å². The van der Waals surface area contributed by atoms with E-state index < -0.39 is 0 Å².